The lowest BCUT2D eigenvalue weighted by atomic mass is 10.2. The van der Waals surface area contributed by atoms with E-state index in [1.807, 2.05) is 0 Å². The van der Waals surface area contributed by atoms with Crippen molar-refractivity contribution >= 4 is 23.3 Å². The molecule has 0 amide bonds. The van der Waals surface area contributed by atoms with Crippen LogP contribution in [0.25, 0.3) is 0 Å². The summed E-state index contributed by atoms with van der Waals surface area (Å²) in [4.78, 5) is 10.9. The maximum atomic E-state index is 10.9. The second-order valence-electron chi connectivity index (χ2n) is 3.35. The number of aromatic carboxylic acids is 1. The van der Waals surface area contributed by atoms with Crippen molar-refractivity contribution in [2.75, 3.05) is 5.73 Å². The molecular formula is C10H12ClNO3. The zero-order valence-corrected chi connectivity index (χ0v) is 9.21. The number of benzene rings is 1. The number of hydrogen-bond donors (Lipinski definition) is 2. The minimum absolute atomic E-state index is 0.0197. The molecule has 0 aromatic heterocycles. The van der Waals surface area contributed by atoms with E-state index in [4.69, 9.17) is 27.2 Å². The van der Waals surface area contributed by atoms with Gasteiger partial charge in [-0.1, -0.05) is 11.6 Å². The minimum atomic E-state index is -1.11. The molecule has 0 radical (unpaired) electrons. The number of hydrogen-bond acceptors (Lipinski definition) is 3. The molecule has 5 heteroatoms. The van der Waals surface area contributed by atoms with E-state index >= 15 is 0 Å². The van der Waals surface area contributed by atoms with Gasteiger partial charge in [0.1, 0.15) is 5.56 Å². The van der Waals surface area contributed by atoms with Crippen LogP contribution in [0.4, 0.5) is 5.69 Å². The molecule has 1 rings (SSSR count). The second-order valence-corrected chi connectivity index (χ2v) is 3.76. The molecule has 15 heavy (non-hydrogen) atoms. The molecule has 0 fully saturated rings. The van der Waals surface area contributed by atoms with Gasteiger partial charge in [-0.2, -0.15) is 0 Å². The summed E-state index contributed by atoms with van der Waals surface area (Å²) in [5, 5.41) is 9.14. The van der Waals surface area contributed by atoms with Gasteiger partial charge in [-0.25, -0.2) is 4.79 Å². The van der Waals surface area contributed by atoms with Gasteiger partial charge in [-0.05, 0) is 26.0 Å². The van der Waals surface area contributed by atoms with Crippen molar-refractivity contribution in [1.29, 1.82) is 0 Å². The first kappa shape index (κ1) is 11.7. The van der Waals surface area contributed by atoms with Crippen molar-refractivity contribution in [2.24, 2.45) is 0 Å². The molecular weight excluding hydrogens is 218 g/mol. The summed E-state index contributed by atoms with van der Waals surface area (Å²) in [6.07, 6.45) is -0.149. The van der Waals surface area contributed by atoms with Crippen molar-refractivity contribution in [2.45, 2.75) is 20.0 Å². The van der Waals surface area contributed by atoms with E-state index in [9.17, 15) is 4.79 Å². The average Bonchev–Trinajstić information content (AvgIpc) is 2.08. The molecule has 0 saturated heterocycles. The Morgan fingerprint density at radius 3 is 2.60 bits per heavy atom. The van der Waals surface area contributed by atoms with Gasteiger partial charge in [0.15, 0.2) is 5.75 Å². The van der Waals surface area contributed by atoms with E-state index < -0.39 is 5.97 Å². The van der Waals surface area contributed by atoms with E-state index in [-0.39, 0.29) is 22.4 Å². The quantitative estimate of drug-likeness (QED) is 0.781. The van der Waals surface area contributed by atoms with E-state index in [1.165, 1.54) is 12.1 Å². The Kier molecular flexibility index (Phi) is 3.42. The van der Waals surface area contributed by atoms with Crippen LogP contribution in [0.15, 0.2) is 12.1 Å². The number of carboxylic acid groups (broad SMARTS) is 1. The van der Waals surface area contributed by atoms with Crippen molar-refractivity contribution < 1.29 is 14.6 Å². The average molecular weight is 230 g/mol. The minimum Gasteiger partial charge on any atom is -0.489 e. The lowest BCUT2D eigenvalue weighted by Gasteiger charge is -2.14. The fourth-order valence-corrected chi connectivity index (χ4v) is 1.40. The number of carbonyl (C=O) groups is 1. The Hall–Kier alpha value is -1.42. The standard InChI is InChI=1S/C10H12ClNO3/c1-5(2)15-9-7(10(13)14)3-6(12)4-8(9)11/h3-5H,12H2,1-2H3,(H,13,14). The van der Waals surface area contributed by atoms with Crippen molar-refractivity contribution in [3.05, 3.63) is 22.7 Å². The predicted molar refractivity (Wildman–Crippen MR) is 58.6 cm³/mol. The topological polar surface area (TPSA) is 72.5 Å². The van der Waals surface area contributed by atoms with Crippen LogP contribution >= 0.6 is 11.6 Å². The highest BCUT2D eigenvalue weighted by molar-refractivity contribution is 6.33. The van der Waals surface area contributed by atoms with Crippen molar-refractivity contribution in [3.8, 4) is 5.75 Å². The molecule has 0 aliphatic carbocycles. The third-order valence-electron chi connectivity index (χ3n) is 1.65. The molecule has 0 heterocycles. The summed E-state index contributed by atoms with van der Waals surface area (Å²) >= 11 is 5.85. The highest BCUT2D eigenvalue weighted by atomic mass is 35.5. The Morgan fingerprint density at radius 2 is 2.13 bits per heavy atom. The Balaban J connectivity index is 3.27. The van der Waals surface area contributed by atoms with Crippen molar-refractivity contribution in [1.82, 2.24) is 0 Å². The third kappa shape index (κ3) is 2.76. The first-order valence-corrected chi connectivity index (χ1v) is 4.78. The van der Waals surface area contributed by atoms with Gasteiger partial charge >= 0.3 is 5.97 Å². The maximum Gasteiger partial charge on any atom is 0.339 e. The number of nitrogen functional groups attached to an aromatic ring is 1. The van der Waals surface area contributed by atoms with E-state index in [1.54, 1.807) is 13.8 Å². The fraction of sp³-hybridized carbons (Fsp3) is 0.300. The Bertz CT molecular complexity index is 390. The summed E-state index contributed by atoms with van der Waals surface area (Å²) in [5.41, 5.74) is 5.77. The molecule has 0 unspecified atom stereocenters. The number of nitrogens with two attached hydrogens (primary N) is 1. The summed E-state index contributed by atoms with van der Waals surface area (Å²) in [6.45, 7) is 3.58. The highest BCUT2D eigenvalue weighted by Gasteiger charge is 2.17. The van der Waals surface area contributed by atoms with Crippen LogP contribution in [0, 0.1) is 0 Å². The molecule has 0 atom stereocenters. The summed E-state index contributed by atoms with van der Waals surface area (Å²) in [5.74, 6) is -0.951. The van der Waals surface area contributed by atoms with Crippen LogP contribution in [0.1, 0.15) is 24.2 Å². The smallest absolute Gasteiger partial charge is 0.339 e. The Labute approximate surface area is 92.6 Å². The first-order valence-electron chi connectivity index (χ1n) is 4.40. The fourth-order valence-electron chi connectivity index (χ4n) is 1.13. The van der Waals surface area contributed by atoms with E-state index in [0.717, 1.165) is 0 Å². The van der Waals surface area contributed by atoms with Gasteiger partial charge < -0.3 is 15.6 Å². The van der Waals surface area contributed by atoms with Crippen LogP contribution < -0.4 is 10.5 Å². The molecule has 3 N–H and O–H groups in total. The van der Waals surface area contributed by atoms with Gasteiger partial charge in [0.2, 0.25) is 0 Å². The van der Waals surface area contributed by atoms with Gasteiger partial charge in [-0.3, -0.25) is 0 Å². The van der Waals surface area contributed by atoms with Crippen molar-refractivity contribution in [3.63, 3.8) is 0 Å². The number of halogens is 1. The molecule has 1 aromatic carbocycles. The predicted octanol–water partition coefficient (Wildman–Crippen LogP) is 2.41. The summed E-state index contributed by atoms with van der Waals surface area (Å²) < 4.78 is 5.32. The number of rotatable bonds is 3. The Morgan fingerprint density at radius 1 is 1.53 bits per heavy atom. The normalized spacial score (nSPS) is 10.4. The largest absolute Gasteiger partial charge is 0.489 e. The maximum absolute atomic E-state index is 10.9. The van der Waals surface area contributed by atoms with E-state index in [0.29, 0.717) is 5.69 Å². The van der Waals surface area contributed by atoms with Gasteiger partial charge in [0.05, 0.1) is 11.1 Å². The number of anilines is 1. The molecule has 0 spiro atoms. The van der Waals surface area contributed by atoms with Crippen LogP contribution in [-0.2, 0) is 0 Å². The number of carboxylic acids is 1. The first-order chi connectivity index (χ1) is 6.91. The van der Waals surface area contributed by atoms with Gasteiger partial charge in [-0.15, -0.1) is 0 Å². The van der Waals surface area contributed by atoms with E-state index in [2.05, 4.69) is 0 Å². The molecule has 82 valence electrons. The second kappa shape index (κ2) is 4.40. The summed E-state index contributed by atoms with van der Waals surface area (Å²) in [7, 11) is 0. The molecule has 0 aliphatic heterocycles. The van der Waals surface area contributed by atoms with Gasteiger partial charge in [0, 0.05) is 5.69 Å². The van der Waals surface area contributed by atoms with Crippen LogP contribution in [0.3, 0.4) is 0 Å². The monoisotopic (exact) mass is 229 g/mol. The summed E-state index contributed by atoms with van der Waals surface area (Å²) in [6, 6.07) is 2.79. The molecule has 0 saturated carbocycles. The lowest BCUT2D eigenvalue weighted by molar-refractivity contribution is 0.0690. The van der Waals surface area contributed by atoms with Crippen LogP contribution in [-0.4, -0.2) is 17.2 Å². The molecule has 4 nitrogen and oxygen atoms in total. The third-order valence-corrected chi connectivity index (χ3v) is 1.93. The highest BCUT2D eigenvalue weighted by Crippen LogP contribution is 2.32. The SMILES string of the molecule is CC(C)Oc1c(Cl)cc(N)cc1C(=O)O. The van der Waals surface area contributed by atoms with Crippen LogP contribution in [0.2, 0.25) is 5.02 Å². The van der Waals surface area contributed by atoms with Crippen LogP contribution in [0.5, 0.6) is 5.75 Å². The lowest BCUT2D eigenvalue weighted by Crippen LogP contribution is -2.11. The zero-order chi connectivity index (χ0) is 11.6. The number of ether oxygens (including phenoxy) is 1. The molecule has 1 aromatic rings. The zero-order valence-electron chi connectivity index (χ0n) is 8.45. The molecule has 0 aliphatic rings. The molecule has 0 bridgehead atoms. The van der Waals surface area contributed by atoms with Gasteiger partial charge in [0.25, 0.3) is 0 Å².